The van der Waals surface area contributed by atoms with Crippen LogP contribution in [0.25, 0.3) is 0 Å². The van der Waals surface area contributed by atoms with Crippen LogP contribution in [0.2, 0.25) is 0 Å². The van der Waals surface area contributed by atoms with E-state index in [-0.39, 0.29) is 6.04 Å². The van der Waals surface area contributed by atoms with E-state index in [2.05, 4.69) is 27.9 Å². The van der Waals surface area contributed by atoms with Crippen molar-refractivity contribution in [3.05, 3.63) is 22.6 Å². The molecule has 0 amide bonds. The third-order valence-corrected chi connectivity index (χ3v) is 4.22. The van der Waals surface area contributed by atoms with Crippen LogP contribution in [0.5, 0.6) is 0 Å². The van der Waals surface area contributed by atoms with Crippen LogP contribution in [0.3, 0.4) is 0 Å². The Morgan fingerprint density at radius 1 is 1.56 bits per heavy atom. The molecule has 1 unspecified atom stereocenters. The maximum Gasteiger partial charge on any atom is 0.136 e. The summed E-state index contributed by atoms with van der Waals surface area (Å²) < 4.78 is 6.55. The molecule has 2 rings (SSSR count). The standard InChI is InChI=1S/C12H19BrN2O/c1-15(9-4-2-3-5-9)11(8-14)12-10(13)6-7-16-12/h6-7,9,11H,2-5,8,14H2,1H3. The summed E-state index contributed by atoms with van der Waals surface area (Å²) in [6, 6.07) is 2.78. The summed E-state index contributed by atoms with van der Waals surface area (Å²) in [4.78, 5) is 2.37. The van der Waals surface area contributed by atoms with Crippen molar-refractivity contribution in [1.82, 2.24) is 4.90 Å². The first-order chi connectivity index (χ1) is 7.74. The second-order valence-corrected chi connectivity index (χ2v) is 5.34. The lowest BCUT2D eigenvalue weighted by molar-refractivity contribution is 0.159. The number of nitrogens with zero attached hydrogens (tertiary/aromatic N) is 1. The molecule has 3 nitrogen and oxygen atoms in total. The average molecular weight is 287 g/mol. The molecule has 1 fully saturated rings. The van der Waals surface area contributed by atoms with Crippen LogP contribution in [0, 0.1) is 0 Å². The van der Waals surface area contributed by atoms with Gasteiger partial charge in [0.25, 0.3) is 0 Å². The van der Waals surface area contributed by atoms with E-state index < -0.39 is 0 Å². The summed E-state index contributed by atoms with van der Waals surface area (Å²) in [5.74, 6) is 0.955. The molecule has 1 aliphatic rings. The van der Waals surface area contributed by atoms with E-state index in [1.807, 2.05) is 6.07 Å². The van der Waals surface area contributed by atoms with Crippen LogP contribution in [-0.2, 0) is 0 Å². The zero-order chi connectivity index (χ0) is 11.5. The molecule has 1 aromatic rings. The summed E-state index contributed by atoms with van der Waals surface area (Å²) >= 11 is 3.51. The van der Waals surface area contributed by atoms with Gasteiger partial charge in [-0.05, 0) is 41.9 Å². The van der Waals surface area contributed by atoms with Gasteiger partial charge < -0.3 is 10.2 Å². The van der Waals surface area contributed by atoms with Gasteiger partial charge in [-0.25, -0.2) is 0 Å². The van der Waals surface area contributed by atoms with E-state index in [4.69, 9.17) is 10.2 Å². The Balaban J connectivity index is 2.12. The highest BCUT2D eigenvalue weighted by molar-refractivity contribution is 9.10. The minimum Gasteiger partial charge on any atom is -0.466 e. The van der Waals surface area contributed by atoms with Gasteiger partial charge in [0.15, 0.2) is 0 Å². The Labute approximate surface area is 105 Å². The molecule has 1 heterocycles. The van der Waals surface area contributed by atoms with Gasteiger partial charge in [0.1, 0.15) is 5.76 Å². The van der Waals surface area contributed by atoms with Crippen LogP contribution in [0.1, 0.15) is 37.5 Å². The lowest BCUT2D eigenvalue weighted by atomic mass is 10.1. The Bertz CT molecular complexity index is 334. The number of likely N-dealkylation sites (N-methyl/N-ethyl adjacent to an activating group) is 1. The molecule has 90 valence electrons. The molecule has 16 heavy (non-hydrogen) atoms. The molecule has 0 saturated heterocycles. The van der Waals surface area contributed by atoms with Crippen molar-refractivity contribution in [3.8, 4) is 0 Å². The van der Waals surface area contributed by atoms with Gasteiger partial charge >= 0.3 is 0 Å². The second-order valence-electron chi connectivity index (χ2n) is 4.49. The molecule has 2 N–H and O–H groups in total. The number of halogens is 1. The number of furan rings is 1. The number of hydrogen-bond acceptors (Lipinski definition) is 3. The monoisotopic (exact) mass is 286 g/mol. The number of rotatable bonds is 4. The van der Waals surface area contributed by atoms with Crippen LogP contribution < -0.4 is 5.73 Å². The molecule has 0 bridgehead atoms. The van der Waals surface area contributed by atoms with E-state index in [9.17, 15) is 0 Å². The van der Waals surface area contributed by atoms with Gasteiger partial charge in [0.05, 0.1) is 16.8 Å². The lowest BCUT2D eigenvalue weighted by Gasteiger charge is -2.31. The quantitative estimate of drug-likeness (QED) is 0.926. The Kier molecular flexibility index (Phi) is 4.05. The van der Waals surface area contributed by atoms with Crippen LogP contribution in [0.15, 0.2) is 21.2 Å². The van der Waals surface area contributed by atoms with Gasteiger partial charge in [-0.3, -0.25) is 4.90 Å². The van der Waals surface area contributed by atoms with E-state index in [0.29, 0.717) is 12.6 Å². The van der Waals surface area contributed by atoms with Crippen molar-refractivity contribution in [2.24, 2.45) is 5.73 Å². The van der Waals surface area contributed by atoms with Crippen LogP contribution >= 0.6 is 15.9 Å². The third kappa shape index (κ3) is 2.34. The molecule has 0 aliphatic heterocycles. The lowest BCUT2D eigenvalue weighted by Crippen LogP contribution is -2.37. The molecule has 4 heteroatoms. The minimum absolute atomic E-state index is 0.187. The molecule has 0 radical (unpaired) electrons. The predicted octanol–water partition coefficient (Wildman–Crippen LogP) is 2.92. The van der Waals surface area contributed by atoms with Gasteiger partial charge in [0, 0.05) is 12.6 Å². The van der Waals surface area contributed by atoms with E-state index >= 15 is 0 Å². The number of nitrogens with two attached hydrogens (primary N) is 1. The van der Waals surface area contributed by atoms with Crippen molar-refractivity contribution in [2.45, 2.75) is 37.8 Å². The largest absolute Gasteiger partial charge is 0.466 e. The van der Waals surface area contributed by atoms with Gasteiger partial charge in [-0.2, -0.15) is 0 Å². The van der Waals surface area contributed by atoms with Gasteiger partial charge in [-0.1, -0.05) is 12.8 Å². The van der Waals surface area contributed by atoms with Crippen molar-refractivity contribution >= 4 is 15.9 Å². The normalized spacial score (nSPS) is 19.5. The molecule has 0 aromatic carbocycles. The zero-order valence-corrected chi connectivity index (χ0v) is 11.2. The summed E-state index contributed by atoms with van der Waals surface area (Å²) in [7, 11) is 2.16. The summed E-state index contributed by atoms with van der Waals surface area (Å²) in [5, 5.41) is 0. The van der Waals surface area contributed by atoms with E-state index in [1.165, 1.54) is 25.7 Å². The minimum atomic E-state index is 0.187. The molecule has 1 aliphatic carbocycles. The van der Waals surface area contributed by atoms with Gasteiger partial charge in [0.2, 0.25) is 0 Å². The molecular weight excluding hydrogens is 268 g/mol. The second kappa shape index (κ2) is 5.34. The zero-order valence-electron chi connectivity index (χ0n) is 9.66. The molecule has 1 atom stereocenters. The first-order valence-electron chi connectivity index (χ1n) is 5.89. The van der Waals surface area contributed by atoms with Gasteiger partial charge in [-0.15, -0.1) is 0 Å². The predicted molar refractivity (Wildman–Crippen MR) is 68.2 cm³/mol. The highest BCUT2D eigenvalue weighted by atomic mass is 79.9. The Hall–Kier alpha value is -0.320. The first kappa shape index (κ1) is 12.1. The Morgan fingerprint density at radius 2 is 2.25 bits per heavy atom. The summed E-state index contributed by atoms with van der Waals surface area (Å²) in [6.45, 7) is 0.596. The molecule has 0 spiro atoms. The highest BCUT2D eigenvalue weighted by Crippen LogP contribution is 2.32. The fourth-order valence-corrected chi connectivity index (χ4v) is 3.03. The van der Waals surface area contributed by atoms with Crippen molar-refractivity contribution < 1.29 is 4.42 Å². The van der Waals surface area contributed by atoms with Crippen LogP contribution in [-0.4, -0.2) is 24.5 Å². The fourth-order valence-electron chi connectivity index (χ4n) is 2.57. The molecule has 1 aromatic heterocycles. The topological polar surface area (TPSA) is 42.4 Å². The Morgan fingerprint density at radius 3 is 2.75 bits per heavy atom. The smallest absolute Gasteiger partial charge is 0.136 e. The fraction of sp³-hybridized carbons (Fsp3) is 0.667. The SMILES string of the molecule is CN(C1CCCC1)C(CN)c1occc1Br. The number of hydrogen-bond donors (Lipinski definition) is 1. The first-order valence-corrected chi connectivity index (χ1v) is 6.68. The van der Waals surface area contributed by atoms with Crippen molar-refractivity contribution in [3.63, 3.8) is 0 Å². The van der Waals surface area contributed by atoms with E-state index in [0.717, 1.165) is 10.2 Å². The highest BCUT2D eigenvalue weighted by Gasteiger charge is 2.28. The maximum absolute atomic E-state index is 5.88. The summed E-state index contributed by atoms with van der Waals surface area (Å²) in [6.07, 6.45) is 6.96. The molecule has 1 saturated carbocycles. The van der Waals surface area contributed by atoms with E-state index in [1.54, 1.807) is 6.26 Å². The van der Waals surface area contributed by atoms with Crippen molar-refractivity contribution in [1.29, 1.82) is 0 Å². The average Bonchev–Trinajstić information content (AvgIpc) is 2.91. The third-order valence-electron chi connectivity index (χ3n) is 3.56. The summed E-state index contributed by atoms with van der Waals surface area (Å²) in [5.41, 5.74) is 5.88. The van der Waals surface area contributed by atoms with Crippen LogP contribution in [0.4, 0.5) is 0 Å². The molecular formula is C12H19BrN2O. The van der Waals surface area contributed by atoms with Crippen molar-refractivity contribution in [2.75, 3.05) is 13.6 Å². The maximum atomic E-state index is 5.88.